The number of pyridine rings is 1. The fourth-order valence-electron chi connectivity index (χ4n) is 2.89. The minimum atomic E-state index is 0.203. The predicted octanol–water partition coefficient (Wildman–Crippen LogP) is 2.05. The fourth-order valence-corrected chi connectivity index (χ4v) is 2.89. The summed E-state index contributed by atoms with van der Waals surface area (Å²) in [5.41, 5.74) is 1.65. The molecule has 1 aromatic carbocycles. The summed E-state index contributed by atoms with van der Waals surface area (Å²) in [4.78, 5) is 21.4. The second kappa shape index (κ2) is 5.92. The number of carbonyl (C=O) groups excluding carboxylic acids is 1. The lowest BCUT2D eigenvalue weighted by molar-refractivity contribution is 0.0810. The van der Waals surface area contributed by atoms with E-state index in [0.717, 1.165) is 36.1 Å². The van der Waals surface area contributed by atoms with Crippen LogP contribution in [0.4, 0.5) is 0 Å². The van der Waals surface area contributed by atoms with Crippen LogP contribution in [-0.4, -0.2) is 60.3 Å². The van der Waals surface area contributed by atoms with E-state index in [2.05, 4.69) is 28.9 Å². The first kappa shape index (κ1) is 14.2. The number of fused-ring (bicyclic) bond motifs is 1. The molecule has 1 aromatic heterocycles. The van der Waals surface area contributed by atoms with Gasteiger partial charge in [0.15, 0.2) is 5.78 Å². The normalized spacial score (nSPS) is 20.8. The van der Waals surface area contributed by atoms with Gasteiger partial charge in [-0.3, -0.25) is 9.78 Å². The topological polar surface area (TPSA) is 36.4 Å². The van der Waals surface area contributed by atoms with Crippen LogP contribution in [0.15, 0.2) is 36.5 Å². The highest BCUT2D eigenvalue weighted by molar-refractivity contribution is 5.99. The number of aromatic nitrogens is 1. The van der Waals surface area contributed by atoms with Crippen LogP contribution in [0, 0.1) is 0 Å². The van der Waals surface area contributed by atoms with Crippen LogP contribution < -0.4 is 0 Å². The highest BCUT2D eigenvalue weighted by atomic mass is 16.1. The SMILES string of the molecule is CN1CCN(C)C(CC(=O)c2ccc3cccnc3c2)C1. The van der Waals surface area contributed by atoms with E-state index in [9.17, 15) is 4.79 Å². The van der Waals surface area contributed by atoms with Gasteiger partial charge in [0.05, 0.1) is 5.52 Å². The molecule has 0 N–H and O–H groups in total. The Morgan fingerprint density at radius 2 is 2.14 bits per heavy atom. The van der Waals surface area contributed by atoms with E-state index in [4.69, 9.17) is 0 Å². The van der Waals surface area contributed by atoms with Gasteiger partial charge in [-0.1, -0.05) is 18.2 Å². The lowest BCUT2D eigenvalue weighted by atomic mass is 10.00. The van der Waals surface area contributed by atoms with Gasteiger partial charge in [0.1, 0.15) is 0 Å². The Balaban J connectivity index is 1.77. The van der Waals surface area contributed by atoms with Crippen molar-refractivity contribution >= 4 is 16.7 Å². The average molecular weight is 283 g/mol. The van der Waals surface area contributed by atoms with Gasteiger partial charge in [0, 0.05) is 49.2 Å². The van der Waals surface area contributed by atoms with Gasteiger partial charge < -0.3 is 9.80 Å². The molecule has 21 heavy (non-hydrogen) atoms. The van der Waals surface area contributed by atoms with Gasteiger partial charge in [0.2, 0.25) is 0 Å². The van der Waals surface area contributed by atoms with Crippen molar-refractivity contribution in [3.8, 4) is 0 Å². The van der Waals surface area contributed by atoms with E-state index < -0.39 is 0 Å². The molecule has 4 nitrogen and oxygen atoms in total. The van der Waals surface area contributed by atoms with Crippen LogP contribution in [0.3, 0.4) is 0 Å². The molecule has 1 atom stereocenters. The second-order valence-corrected chi connectivity index (χ2v) is 5.93. The monoisotopic (exact) mass is 283 g/mol. The number of carbonyl (C=O) groups is 1. The third-order valence-electron chi connectivity index (χ3n) is 4.33. The standard InChI is InChI=1S/C17H21N3O/c1-19-8-9-20(2)15(12-19)11-17(21)14-6-5-13-4-3-7-18-16(13)10-14/h3-7,10,15H,8-9,11-12H2,1-2H3. The predicted molar refractivity (Wildman–Crippen MR) is 84.6 cm³/mol. The van der Waals surface area contributed by atoms with Gasteiger partial charge >= 0.3 is 0 Å². The molecule has 0 bridgehead atoms. The Morgan fingerprint density at radius 1 is 1.29 bits per heavy atom. The van der Waals surface area contributed by atoms with E-state index in [1.807, 2.05) is 30.3 Å². The number of hydrogen-bond acceptors (Lipinski definition) is 4. The summed E-state index contributed by atoms with van der Waals surface area (Å²) in [5.74, 6) is 0.203. The molecular formula is C17H21N3O. The first-order valence-corrected chi connectivity index (χ1v) is 7.40. The number of ketones is 1. The molecule has 1 fully saturated rings. The maximum absolute atomic E-state index is 12.5. The van der Waals surface area contributed by atoms with E-state index >= 15 is 0 Å². The summed E-state index contributed by atoms with van der Waals surface area (Å²) >= 11 is 0. The zero-order valence-corrected chi connectivity index (χ0v) is 12.6. The Kier molecular flexibility index (Phi) is 3.99. The van der Waals surface area contributed by atoms with Crippen LogP contribution in [0.2, 0.25) is 0 Å². The maximum Gasteiger partial charge on any atom is 0.164 e. The maximum atomic E-state index is 12.5. The van der Waals surface area contributed by atoms with Crippen molar-refractivity contribution in [3.05, 3.63) is 42.1 Å². The Labute approximate surface area is 125 Å². The first-order chi connectivity index (χ1) is 10.1. The minimum absolute atomic E-state index is 0.203. The lowest BCUT2D eigenvalue weighted by Crippen LogP contribution is -2.50. The second-order valence-electron chi connectivity index (χ2n) is 5.93. The Hall–Kier alpha value is -1.78. The van der Waals surface area contributed by atoms with Crippen LogP contribution in [0.25, 0.3) is 10.9 Å². The van der Waals surface area contributed by atoms with Crippen molar-refractivity contribution < 1.29 is 4.79 Å². The molecule has 2 heterocycles. The van der Waals surface area contributed by atoms with Crippen LogP contribution in [-0.2, 0) is 0 Å². The summed E-state index contributed by atoms with van der Waals surface area (Å²) in [7, 11) is 4.22. The fraction of sp³-hybridized carbons (Fsp3) is 0.412. The molecule has 1 aliphatic heterocycles. The summed E-state index contributed by atoms with van der Waals surface area (Å²) in [6, 6.07) is 10.0. The number of benzene rings is 1. The van der Waals surface area contributed by atoms with Crippen molar-refractivity contribution in [2.24, 2.45) is 0 Å². The van der Waals surface area contributed by atoms with Crippen molar-refractivity contribution in [2.45, 2.75) is 12.5 Å². The van der Waals surface area contributed by atoms with Gasteiger partial charge in [-0.15, -0.1) is 0 Å². The number of likely N-dealkylation sites (N-methyl/N-ethyl adjacent to an activating group) is 2. The molecule has 1 unspecified atom stereocenters. The number of piperazine rings is 1. The van der Waals surface area contributed by atoms with Crippen molar-refractivity contribution in [3.63, 3.8) is 0 Å². The van der Waals surface area contributed by atoms with Gasteiger partial charge in [-0.2, -0.15) is 0 Å². The van der Waals surface area contributed by atoms with E-state index in [0.29, 0.717) is 12.5 Å². The summed E-state index contributed by atoms with van der Waals surface area (Å²) < 4.78 is 0. The molecule has 1 saturated heterocycles. The zero-order valence-electron chi connectivity index (χ0n) is 12.6. The molecule has 0 radical (unpaired) electrons. The first-order valence-electron chi connectivity index (χ1n) is 7.40. The van der Waals surface area contributed by atoms with Crippen molar-refractivity contribution in [2.75, 3.05) is 33.7 Å². The number of hydrogen-bond donors (Lipinski definition) is 0. The Bertz CT molecular complexity index is 655. The quantitative estimate of drug-likeness (QED) is 0.808. The third kappa shape index (κ3) is 3.12. The smallest absolute Gasteiger partial charge is 0.164 e. The highest BCUT2D eigenvalue weighted by Crippen LogP contribution is 2.17. The molecule has 2 aromatic rings. The average Bonchev–Trinajstić information content (AvgIpc) is 2.50. The largest absolute Gasteiger partial charge is 0.304 e. The molecular weight excluding hydrogens is 262 g/mol. The van der Waals surface area contributed by atoms with Gasteiger partial charge in [0.25, 0.3) is 0 Å². The minimum Gasteiger partial charge on any atom is -0.304 e. The van der Waals surface area contributed by atoms with Crippen molar-refractivity contribution in [1.82, 2.24) is 14.8 Å². The molecule has 3 rings (SSSR count). The molecule has 0 saturated carbocycles. The molecule has 0 aliphatic carbocycles. The van der Waals surface area contributed by atoms with Crippen LogP contribution in [0.1, 0.15) is 16.8 Å². The summed E-state index contributed by atoms with van der Waals surface area (Å²) in [6.07, 6.45) is 2.33. The Morgan fingerprint density at radius 3 is 3.00 bits per heavy atom. The summed E-state index contributed by atoms with van der Waals surface area (Å²) in [5, 5.41) is 1.07. The lowest BCUT2D eigenvalue weighted by Gasteiger charge is -2.37. The van der Waals surface area contributed by atoms with E-state index in [-0.39, 0.29) is 5.78 Å². The van der Waals surface area contributed by atoms with Crippen LogP contribution in [0.5, 0.6) is 0 Å². The molecule has 4 heteroatoms. The molecule has 0 spiro atoms. The number of nitrogens with zero attached hydrogens (tertiary/aromatic N) is 3. The third-order valence-corrected chi connectivity index (χ3v) is 4.33. The summed E-state index contributed by atoms with van der Waals surface area (Å²) in [6.45, 7) is 3.04. The molecule has 110 valence electrons. The van der Waals surface area contributed by atoms with E-state index in [1.54, 1.807) is 6.20 Å². The van der Waals surface area contributed by atoms with Gasteiger partial charge in [-0.25, -0.2) is 0 Å². The highest BCUT2D eigenvalue weighted by Gasteiger charge is 2.24. The number of Topliss-reactive ketones (excluding diaryl/α,β-unsaturated/α-hetero) is 1. The molecule has 1 aliphatic rings. The van der Waals surface area contributed by atoms with Crippen molar-refractivity contribution in [1.29, 1.82) is 0 Å². The van der Waals surface area contributed by atoms with Crippen LogP contribution >= 0.6 is 0 Å². The van der Waals surface area contributed by atoms with E-state index in [1.165, 1.54) is 0 Å². The number of rotatable bonds is 3. The van der Waals surface area contributed by atoms with Gasteiger partial charge in [-0.05, 0) is 26.2 Å². The zero-order chi connectivity index (χ0) is 14.8. The molecule has 0 amide bonds.